The van der Waals surface area contributed by atoms with Crippen molar-refractivity contribution in [3.8, 4) is 34.3 Å². The molecule has 7 aromatic rings. The van der Waals surface area contributed by atoms with Crippen molar-refractivity contribution in [2.24, 2.45) is 0 Å². The van der Waals surface area contributed by atoms with Gasteiger partial charge < -0.3 is 9.15 Å². The zero-order valence-electron chi connectivity index (χ0n) is 21.3. The van der Waals surface area contributed by atoms with Crippen molar-refractivity contribution in [1.82, 2.24) is 24.4 Å². The number of nitrogens with zero attached hydrogens (tertiary/aromatic N) is 5. The number of hydrogen-bond acceptors (Lipinski definition) is 7. The Bertz CT molecular complexity index is 2160. The van der Waals surface area contributed by atoms with E-state index in [0.29, 0.717) is 37.9 Å². The summed E-state index contributed by atoms with van der Waals surface area (Å²) in [5.74, 6) is 0.529. The summed E-state index contributed by atoms with van der Waals surface area (Å²) < 4.78 is 29.1. The maximum Gasteiger partial charge on any atom is 0.291 e. The minimum atomic E-state index is -0.503. The number of methoxy groups -OCH3 is 1. The molecule has 0 aliphatic heterocycles. The molecule has 4 aromatic heterocycles. The molecule has 0 aliphatic carbocycles. The predicted molar refractivity (Wildman–Crippen MR) is 151 cm³/mol. The van der Waals surface area contributed by atoms with E-state index in [-0.39, 0.29) is 11.3 Å². The Kier molecular flexibility index (Phi) is 5.56. The van der Waals surface area contributed by atoms with Crippen LogP contribution in [-0.4, -0.2) is 31.5 Å². The number of halogens is 1. The fraction of sp³-hybridized carbons (Fsp3) is 0.0667. The monoisotopic (exact) mass is 549 g/mol. The van der Waals surface area contributed by atoms with E-state index in [4.69, 9.17) is 14.3 Å². The Labute approximate surface area is 230 Å². The van der Waals surface area contributed by atoms with Gasteiger partial charge in [-0.05, 0) is 49.4 Å². The molecule has 0 aliphatic rings. The lowest BCUT2D eigenvalue weighted by Crippen LogP contribution is -2.23. The van der Waals surface area contributed by atoms with Gasteiger partial charge in [0.1, 0.15) is 11.3 Å². The molecule has 7 rings (SSSR count). The molecule has 196 valence electrons. The molecule has 0 unspecified atom stereocenters. The lowest BCUT2D eigenvalue weighted by atomic mass is 10.1. The van der Waals surface area contributed by atoms with Crippen molar-refractivity contribution in [2.45, 2.75) is 6.92 Å². The average Bonchev–Trinajstić information content (AvgIpc) is 3.73. The number of ether oxygens (including phenoxy) is 1. The standard InChI is InChI=1S/C30H20FN5O3S/c1-17-21-10-6-7-11-23(21)39-27(17)28-32-30-36(34-28)29(37)25(40-30)15-19-16-35(20-8-4-3-5-9-20)33-26(19)18-12-13-24(38-2)22(31)14-18/h3-16H,1-2H3. The molecule has 0 saturated carbocycles. The summed E-state index contributed by atoms with van der Waals surface area (Å²) in [5.41, 5.74) is 3.87. The van der Waals surface area contributed by atoms with Crippen molar-refractivity contribution in [1.29, 1.82) is 0 Å². The second-order valence-electron chi connectivity index (χ2n) is 9.16. The van der Waals surface area contributed by atoms with E-state index in [0.717, 1.165) is 22.2 Å². The predicted octanol–water partition coefficient (Wildman–Crippen LogP) is 5.42. The fourth-order valence-electron chi connectivity index (χ4n) is 4.70. The second-order valence-corrected chi connectivity index (χ2v) is 10.2. The Hall–Kier alpha value is -5.09. The number of para-hydroxylation sites is 2. The van der Waals surface area contributed by atoms with Gasteiger partial charge >= 0.3 is 0 Å². The number of hydrogen-bond donors (Lipinski definition) is 0. The van der Waals surface area contributed by atoms with Gasteiger partial charge in [-0.15, -0.1) is 5.10 Å². The number of aryl methyl sites for hydroxylation is 1. The molecule has 0 fully saturated rings. The summed E-state index contributed by atoms with van der Waals surface area (Å²) in [6.45, 7) is 1.95. The van der Waals surface area contributed by atoms with Crippen LogP contribution in [0, 0.1) is 12.7 Å². The molecular weight excluding hydrogens is 529 g/mol. The summed E-state index contributed by atoms with van der Waals surface area (Å²) in [7, 11) is 1.42. The summed E-state index contributed by atoms with van der Waals surface area (Å²) in [4.78, 5) is 18.4. The fourth-order valence-corrected chi connectivity index (χ4v) is 5.60. The van der Waals surface area contributed by atoms with Crippen molar-refractivity contribution in [2.75, 3.05) is 7.11 Å². The first-order valence-electron chi connectivity index (χ1n) is 12.4. The largest absolute Gasteiger partial charge is 0.494 e. The second kappa shape index (κ2) is 9.28. The normalized spacial score (nSPS) is 12.1. The molecular formula is C30H20FN5O3S. The number of fused-ring (bicyclic) bond motifs is 2. The molecule has 40 heavy (non-hydrogen) atoms. The Morgan fingerprint density at radius 2 is 1.82 bits per heavy atom. The van der Waals surface area contributed by atoms with Gasteiger partial charge in [0.15, 0.2) is 17.3 Å². The van der Waals surface area contributed by atoms with Crippen LogP contribution in [0.5, 0.6) is 5.75 Å². The van der Waals surface area contributed by atoms with Crippen LogP contribution >= 0.6 is 11.3 Å². The topological polar surface area (TPSA) is 87.4 Å². The summed E-state index contributed by atoms with van der Waals surface area (Å²) >= 11 is 1.21. The van der Waals surface area contributed by atoms with Crippen LogP contribution in [0.4, 0.5) is 4.39 Å². The molecule has 0 saturated heterocycles. The molecule has 0 amide bonds. The number of furan rings is 1. The number of thiazole rings is 1. The SMILES string of the molecule is COc1ccc(-c2nn(-c3ccccc3)cc2C=c2sc3nc(-c4oc5ccccc5c4C)nn3c2=O)cc1F. The van der Waals surface area contributed by atoms with E-state index in [1.807, 2.05) is 67.7 Å². The van der Waals surface area contributed by atoms with Crippen molar-refractivity contribution in [3.63, 3.8) is 0 Å². The smallest absolute Gasteiger partial charge is 0.291 e. The molecule has 0 spiro atoms. The first-order valence-corrected chi connectivity index (χ1v) is 13.2. The zero-order chi connectivity index (χ0) is 27.4. The van der Waals surface area contributed by atoms with E-state index in [2.05, 4.69) is 10.1 Å². The molecule has 10 heteroatoms. The van der Waals surface area contributed by atoms with E-state index < -0.39 is 5.82 Å². The van der Waals surface area contributed by atoms with Gasteiger partial charge in [-0.3, -0.25) is 4.79 Å². The minimum Gasteiger partial charge on any atom is -0.494 e. The van der Waals surface area contributed by atoms with Crippen molar-refractivity contribution < 1.29 is 13.5 Å². The zero-order valence-corrected chi connectivity index (χ0v) is 22.1. The molecule has 8 nitrogen and oxygen atoms in total. The van der Waals surface area contributed by atoms with Crippen LogP contribution in [0.25, 0.3) is 50.5 Å². The van der Waals surface area contributed by atoms with Crippen LogP contribution in [-0.2, 0) is 0 Å². The van der Waals surface area contributed by atoms with E-state index in [1.165, 1.54) is 29.0 Å². The van der Waals surface area contributed by atoms with Crippen molar-refractivity contribution in [3.05, 3.63) is 111 Å². The Morgan fingerprint density at radius 3 is 2.58 bits per heavy atom. The quantitative estimate of drug-likeness (QED) is 0.285. The van der Waals surface area contributed by atoms with Crippen LogP contribution in [0.3, 0.4) is 0 Å². The maximum absolute atomic E-state index is 14.6. The van der Waals surface area contributed by atoms with E-state index >= 15 is 0 Å². The van der Waals surface area contributed by atoms with Gasteiger partial charge in [-0.25, -0.2) is 9.07 Å². The molecule has 3 aromatic carbocycles. The maximum atomic E-state index is 14.6. The third kappa shape index (κ3) is 3.88. The van der Waals surface area contributed by atoms with E-state index in [1.54, 1.807) is 22.9 Å². The molecule has 0 bridgehead atoms. The van der Waals surface area contributed by atoms with Crippen LogP contribution in [0.1, 0.15) is 11.1 Å². The summed E-state index contributed by atoms with van der Waals surface area (Å²) in [5, 5.41) is 10.2. The molecule has 4 heterocycles. The highest BCUT2D eigenvalue weighted by molar-refractivity contribution is 7.15. The minimum absolute atomic E-state index is 0.139. The Morgan fingerprint density at radius 1 is 1.02 bits per heavy atom. The third-order valence-electron chi connectivity index (χ3n) is 6.70. The first-order chi connectivity index (χ1) is 19.5. The lowest BCUT2D eigenvalue weighted by molar-refractivity contribution is 0.386. The number of rotatable bonds is 5. The van der Waals surface area contributed by atoms with Crippen molar-refractivity contribution >= 4 is 33.3 Å². The van der Waals surface area contributed by atoms with Gasteiger partial charge in [0.05, 0.1) is 17.3 Å². The van der Waals surface area contributed by atoms with Gasteiger partial charge in [-0.2, -0.15) is 14.6 Å². The number of aromatic nitrogens is 5. The highest BCUT2D eigenvalue weighted by Crippen LogP contribution is 2.32. The Balaban J connectivity index is 1.36. The summed E-state index contributed by atoms with van der Waals surface area (Å²) in [6.07, 6.45) is 3.55. The van der Waals surface area contributed by atoms with Gasteiger partial charge in [0.2, 0.25) is 10.8 Å². The average molecular weight is 550 g/mol. The molecule has 0 N–H and O–H groups in total. The van der Waals surface area contributed by atoms with Gasteiger partial charge in [-0.1, -0.05) is 47.7 Å². The number of benzene rings is 3. The highest BCUT2D eigenvalue weighted by Gasteiger charge is 2.20. The van der Waals surface area contributed by atoms with E-state index in [9.17, 15) is 9.18 Å². The van der Waals surface area contributed by atoms with Crippen LogP contribution in [0.2, 0.25) is 0 Å². The lowest BCUT2D eigenvalue weighted by Gasteiger charge is -2.04. The molecule has 0 radical (unpaired) electrons. The first kappa shape index (κ1) is 24.0. The van der Waals surface area contributed by atoms with Gasteiger partial charge in [0, 0.05) is 28.3 Å². The van der Waals surface area contributed by atoms with Gasteiger partial charge in [0.25, 0.3) is 5.56 Å². The highest BCUT2D eigenvalue weighted by atomic mass is 32.1. The van der Waals surface area contributed by atoms with Crippen LogP contribution in [0.15, 0.2) is 88.2 Å². The molecule has 0 atom stereocenters. The third-order valence-corrected chi connectivity index (χ3v) is 7.66. The van der Waals surface area contributed by atoms with Crippen LogP contribution < -0.4 is 14.8 Å². The summed E-state index contributed by atoms with van der Waals surface area (Å²) in [6, 6.07) is 21.9.